The second-order valence-corrected chi connectivity index (χ2v) is 8.25. The zero-order valence-electron chi connectivity index (χ0n) is 18.3. The summed E-state index contributed by atoms with van der Waals surface area (Å²) in [5.41, 5.74) is 2.87. The minimum atomic E-state index is -0.127. The van der Waals surface area contributed by atoms with Gasteiger partial charge in [0.15, 0.2) is 0 Å². The first-order valence-electron chi connectivity index (χ1n) is 11.2. The molecule has 2 aromatic heterocycles. The van der Waals surface area contributed by atoms with Crippen LogP contribution in [0.2, 0.25) is 0 Å². The molecule has 0 aliphatic carbocycles. The lowest BCUT2D eigenvalue weighted by Gasteiger charge is -2.35. The van der Waals surface area contributed by atoms with E-state index in [4.69, 9.17) is 0 Å². The summed E-state index contributed by atoms with van der Waals surface area (Å²) in [6.07, 6.45) is 2.53. The number of rotatable bonds is 5. The zero-order chi connectivity index (χ0) is 21.9. The van der Waals surface area contributed by atoms with Crippen LogP contribution in [0.4, 0.5) is 5.82 Å². The molecule has 0 radical (unpaired) electrons. The Balaban J connectivity index is 1.24. The summed E-state index contributed by atoms with van der Waals surface area (Å²) in [7, 11) is 0. The molecule has 1 N–H and O–H groups in total. The SMILES string of the molecule is CCc1cc(=O)[nH]c(-c2ccc(N3CCN(Cc4cccc5ccccc45)CC3)nc2)n1. The molecule has 0 amide bonds. The van der Waals surface area contributed by atoms with Crippen LogP contribution in [0.1, 0.15) is 18.2 Å². The predicted octanol–water partition coefficient (Wildman–Crippen LogP) is 3.87. The molecule has 0 spiro atoms. The number of benzene rings is 2. The highest BCUT2D eigenvalue weighted by atomic mass is 16.1. The summed E-state index contributed by atoms with van der Waals surface area (Å²) >= 11 is 0. The maximum absolute atomic E-state index is 11.9. The summed E-state index contributed by atoms with van der Waals surface area (Å²) < 4.78 is 0. The van der Waals surface area contributed by atoms with E-state index in [1.54, 1.807) is 12.3 Å². The summed E-state index contributed by atoms with van der Waals surface area (Å²) in [6.45, 7) is 6.84. The van der Waals surface area contributed by atoms with Gasteiger partial charge in [-0.15, -0.1) is 0 Å². The first-order chi connectivity index (χ1) is 15.7. The second-order valence-electron chi connectivity index (χ2n) is 8.25. The van der Waals surface area contributed by atoms with Gasteiger partial charge in [0.25, 0.3) is 5.56 Å². The number of nitrogens with one attached hydrogen (secondary N) is 1. The lowest BCUT2D eigenvalue weighted by Crippen LogP contribution is -2.46. The summed E-state index contributed by atoms with van der Waals surface area (Å²) in [6, 6.07) is 20.7. The molecule has 0 atom stereocenters. The number of pyridine rings is 1. The summed E-state index contributed by atoms with van der Waals surface area (Å²) in [4.78, 5) is 28.7. The van der Waals surface area contributed by atoms with Crippen LogP contribution >= 0.6 is 0 Å². The van der Waals surface area contributed by atoms with Crippen LogP contribution in [0.3, 0.4) is 0 Å². The normalized spacial score (nSPS) is 14.7. The molecule has 32 heavy (non-hydrogen) atoms. The molecule has 6 nitrogen and oxygen atoms in total. The maximum atomic E-state index is 11.9. The van der Waals surface area contributed by atoms with Crippen LogP contribution in [-0.4, -0.2) is 46.0 Å². The fraction of sp³-hybridized carbons (Fsp3) is 0.269. The molecular formula is C26H27N5O. The Morgan fingerprint density at radius 2 is 1.78 bits per heavy atom. The van der Waals surface area contributed by atoms with Gasteiger partial charge in [-0.05, 0) is 34.9 Å². The van der Waals surface area contributed by atoms with Gasteiger partial charge >= 0.3 is 0 Å². The fourth-order valence-corrected chi connectivity index (χ4v) is 4.35. The molecule has 6 heteroatoms. The topological polar surface area (TPSA) is 65.1 Å². The van der Waals surface area contributed by atoms with E-state index < -0.39 is 0 Å². The van der Waals surface area contributed by atoms with Crippen molar-refractivity contribution < 1.29 is 0 Å². The predicted molar refractivity (Wildman–Crippen MR) is 129 cm³/mol. The minimum Gasteiger partial charge on any atom is -0.354 e. The molecule has 1 saturated heterocycles. The molecule has 2 aromatic carbocycles. The molecule has 0 unspecified atom stereocenters. The van der Waals surface area contributed by atoms with Crippen LogP contribution in [0.15, 0.2) is 71.7 Å². The smallest absolute Gasteiger partial charge is 0.251 e. The number of aromatic nitrogens is 3. The molecule has 1 aliphatic rings. The van der Waals surface area contributed by atoms with E-state index >= 15 is 0 Å². The van der Waals surface area contributed by atoms with Crippen molar-refractivity contribution in [1.29, 1.82) is 0 Å². The van der Waals surface area contributed by atoms with Crippen molar-refractivity contribution in [3.05, 3.63) is 88.5 Å². The van der Waals surface area contributed by atoms with E-state index in [1.165, 1.54) is 16.3 Å². The van der Waals surface area contributed by atoms with Crippen molar-refractivity contribution >= 4 is 16.6 Å². The Morgan fingerprint density at radius 3 is 2.56 bits per heavy atom. The van der Waals surface area contributed by atoms with Gasteiger partial charge in [0.1, 0.15) is 11.6 Å². The van der Waals surface area contributed by atoms with Gasteiger partial charge in [0.05, 0.1) is 0 Å². The second kappa shape index (κ2) is 8.93. The van der Waals surface area contributed by atoms with Gasteiger partial charge < -0.3 is 9.88 Å². The zero-order valence-corrected chi connectivity index (χ0v) is 18.3. The van der Waals surface area contributed by atoms with Crippen molar-refractivity contribution in [3.63, 3.8) is 0 Å². The quantitative estimate of drug-likeness (QED) is 0.526. The molecule has 3 heterocycles. The highest BCUT2D eigenvalue weighted by Crippen LogP contribution is 2.22. The number of aromatic amines is 1. The summed E-state index contributed by atoms with van der Waals surface area (Å²) in [5.74, 6) is 1.54. The number of nitrogens with zero attached hydrogens (tertiary/aromatic N) is 4. The molecule has 4 aromatic rings. The Bertz CT molecular complexity index is 1270. The average Bonchev–Trinajstić information content (AvgIpc) is 2.84. The highest BCUT2D eigenvalue weighted by molar-refractivity contribution is 5.85. The van der Waals surface area contributed by atoms with E-state index in [0.29, 0.717) is 5.82 Å². The van der Waals surface area contributed by atoms with Crippen molar-refractivity contribution in [3.8, 4) is 11.4 Å². The third-order valence-corrected chi connectivity index (χ3v) is 6.15. The third-order valence-electron chi connectivity index (χ3n) is 6.15. The van der Waals surface area contributed by atoms with Crippen molar-refractivity contribution in [2.75, 3.05) is 31.1 Å². The first kappa shape index (κ1) is 20.4. The minimum absolute atomic E-state index is 0.127. The van der Waals surface area contributed by atoms with Crippen molar-refractivity contribution in [2.24, 2.45) is 0 Å². The summed E-state index contributed by atoms with van der Waals surface area (Å²) in [5, 5.41) is 2.64. The van der Waals surface area contributed by atoms with Crippen LogP contribution in [0, 0.1) is 0 Å². The Hall–Kier alpha value is -3.51. The maximum Gasteiger partial charge on any atom is 0.251 e. The Morgan fingerprint density at radius 1 is 0.969 bits per heavy atom. The van der Waals surface area contributed by atoms with Crippen LogP contribution < -0.4 is 10.5 Å². The monoisotopic (exact) mass is 425 g/mol. The molecule has 1 aliphatic heterocycles. The largest absolute Gasteiger partial charge is 0.354 e. The van der Waals surface area contributed by atoms with Gasteiger partial charge in [0.2, 0.25) is 0 Å². The fourth-order valence-electron chi connectivity index (χ4n) is 4.35. The highest BCUT2D eigenvalue weighted by Gasteiger charge is 2.19. The van der Waals surface area contributed by atoms with Gasteiger partial charge in [-0.2, -0.15) is 0 Å². The third kappa shape index (κ3) is 4.27. The average molecular weight is 426 g/mol. The Kier molecular flexibility index (Phi) is 5.69. The number of piperazine rings is 1. The van der Waals surface area contributed by atoms with E-state index in [-0.39, 0.29) is 5.56 Å². The van der Waals surface area contributed by atoms with Gasteiger partial charge in [-0.25, -0.2) is 9.97 Å². The van der Waals surface area contributed by atoms with E-state index in [2.05, 4.69) is 67.2 Å². The number of fused-ring (bicyclic) bond motifs is 1. The number of aryl methyl sites for hydroxylation is 1. The first-order valence-corrected chi connectivity index (χ1v) is 11.2. The standard InChI is InChI=1S/C26H27N5O/c1-2-22-16-25(32)29-26(28-22)20-10-11-24(27-17-20)31-14-12-30(13-15-31)18-21-8-5-7-19-6-3-4-9-23(19)21/h3-11,16-17H,2,12-15,18H2,1H3,(H,28,29,32). The number of hydrogen-bond donors (Lipinski definition) is 1. The molecule has 0 saturated carbocycles. The van der Waals surface area contributed by atoms with Crippen LogP contribution in [0.25, 0.3) is 22.2 Å². The van der Waals surface area contributed by atoms with E-state index in [9.17, 15) is 4.79 Å². The van der Waals surface area contributed by atoms with Crippen LogP contribution in [-0.2, 0) is 13.0 Å². The van der Waals surface area contributed by atoms with Crippen molar-refractivity contribution in [1.82, 2.24) is 19.9 Å². The number of hydrogen-bond acceptors (Lipinski definition) is 5. The Labute approximate surface area is 187 Å². The van der Waals surface area contributed by atoms with Crippen molar-refractivity contribution in [2.45, 2.75) is 19.9 Å². The van der Waals surface area contributed by atoms with Gasteiger partial charge in [-0.1, -0.05) is 49.4 Å². The van der Waals surface area contributed by atoms with Crippen LogP contribution in [0.5, 0.6) is 0 Å². The molecular weight excluding hydrogens is 398 g/mol. The number of anilines is 1. The van der Waals surface area contributed by atoms with E-state index in [0.717, 1.165) is 56.2 Å². The van der Waals surface area contributed by atoms with Gasteiger partial charge in [0, 0.05) is 56.2 Å². The van der Waals surface area contributed by atoms with E-state index in [1.807, 2.05) is 19.1 Å². The number of H-pyrrole nitrogens is 1. The molecule has 162 valence electrons. The lowest BCUT2D eigenvalue weighted by molar-refractivity contribution is 0.250. The lowest BCUT2D eigenvalue weighted by atomic mass is 10.0. The molecule has 0 bridgehead atoms. The molecule has 1 fully saturated rings. The van der Waals surface area contributed by atoms with Gasteiger partial charge in [-0.3, -0.25) is 9.69 Å². The molecule has 5 rings (SSSR count).